The van der Waals surface area contributed by atoms with Crippen LogP contribution in [0.15, 0.2) is 79.4 Å². The zero-order valence-corrected chi connectivity index (χ0v) is 13.8. The van der Waals surface area contributed by atoms with Gasteiger partial charge in [-0.3, -0.25) is 14.8 Å². The van der Waals surface area contributed by atoms with Gasteiger partial charge in [0, 0.05) is 24.0 Å². The van der Waals surface area contributed by atoms with Crippen LogP contribution < -0.4 is 10.6 Å². The summed E-state index contributed by atoms with van der Waals surface area (Å²) in [6.07, 6.45) is 6.57. The first-order chi connectivity index (χ1) is 12.8. The first-order valence-electron chi connectivity index (χ1n) is 8.08. The third-order valence-corrected chi connectivity index (χ3v) is 3.84. The molecule has 126 valence electrons. The van der Waals surface area contributed by atoms with Crippen molar-refractivity contribution in [2.45, 2.75) is 0 Å². The molecule has 6 nitrogen and oxygen atoms in total. The number of anilines is 3. The summed E-state index contributed by atoms with van der Waals surface area (Å²) in [4.78, 5) is 24.8. The lowest BCUT2D eigenvalue weighted by Crippen LogP contribution is -2.13. The van der Waals surface area contributed by atoms with Crippen LogP contribution in [0.4, 0.5) is 17.2 Å². The Morgan fingerprint density at radius 1 is 0.846 bits per heavy atom. The van der Waals surface area contributed by atoms with Crippen LogP contribution in [0.2, 0.25) is 0 Å². The Hall–Kier alpha value is -3.80. The second-order valence-corrected chi connectivity index (χ2v) is 5.63. The van der Waals surface area contributed by atoms with Gasteiger partial charge in [0.05, 0.1) is 28.7 Å². The highest BCUT2D eigenvalue weighted by Crippen LogP contribution is 2.24. The SMILES string of the molecule is O=C(Nc1ccc(Nc2cccc3cccnc23)cn1)c1cccnc1. The van der Waals surface area contributed by atoms with Crippen molar-refractivity contribution in [1.82, 2.24) is 15.0 Å². The molecule has 1 aromatic carbocycles. The fourth-order valence-corrected chi connectivity index (χ4v) is 2.59. The normalized spacial score (nSPS) is 10.5. The highest BCUT2D eigenvalue weighted by atomic mass is 16.1. The third-order valence-electron chi connectivity index (χ3n) is 3.84. The van der Waals surface area contributed by atoms with Crippen molar-refractivity contribution < 1.29 is 4.79 Å². The van der Waals surface area contributed by atoms with E-state index in [-0.39, 0.29) is 5.91 Å². The van der Waals surface area contributed by atoms with E-state index in [1.165, 1.54) is 6.20 Å². The topological polar surface area (TPSA) is 79.8 Å². The lowest BCUT2D eigenvalue weighted by atomic mass is 10.2. The summed E-state index contributed by atoms with van der Waals surface area (Å²) in [6.45, 7) is 0. The number of carbonyl (C=O) groups is 1. The molecule has 0 radical (unpaired) electrons. The number of para-hydroxylation sites is 1. The highest BCUT2D eigenvalue weighted by molar-refractivity contribution is 6.03. The summed E-state index contributed by atoms with van der Waals surface area (Å²) in [5, 5.41) is 7.12. The van der Waals surface area contributed by atoms with Crippen molar-refractivity contribution in [3.05, 3.63) is 84.9 Å². The predicted molar refractivity (Wildman–Crippen MR) is 101 cm³/mol. The molecule has 0 saturated carbocycles. The Labute approximate surface area is 150 Å². The minimum absolute atomic E-state index is 0.246. The summed E-state index contributed by atoms with van der Waals surface area (Å²) in [6, 6.07) is 16.9. The van der Waals surface area contributed by atoms with Crippen LogP contribution in [0.5, 0.6) is 0 Å². The average molecular weight is 341 g/mol. The Morgan fingerprint density at radius 3 is 2.54 bits per heavy atom. The summed E-state index contributed by atoms with van der Waals surface area (Å²) >= 11 is 0. The molecule has 2 N–H and O–H groups in total. The first kappa shape index (κ1) is 15.7. The van der Waals surface area contributed by atoms with Crippen LogP contribution in [-0.2, 0) is 0 Å². The van der Waals surface area contributed by atoms with E-state index in [4.69, 9.17) is 0 Å². The van der Waals surface area contributed by atoms with Crippen LogP contribution in [-0.4, -0.2) is 20.9 Å². The van der Waals surface area contributed by atoms with Gasteiger partial charge in [-0.25, -0.2) is 4.98 Å². The van der Waals surface area contributed by atoms with Crippen molar-refractivity contribution in [3.8, 4) is 0 Å². The number of pyridine rings is 3. The average Bonchev–Trinajstić information content (AvgIpc) is 2.70. The number of benzene rings is 1. The number of rotatable bonds is 4. The number of hydrogen-bond donors (Lipinski definition) is 2. The molecule has 0 unspecified atom stereocenters. The number of nitrogens with one attached hydrogen (secondary N) is 2. The van der Waals surface area contributed by atoms with E-state index < -0.39 is 0 Å². The van der Waals surface area contributed by atoms with Crippen LogP contribution >= 0.6 is 0 Å². The Balaban J connectivity index is 1.50. The van der Waals surface area contributed by atoms with Gasteiger partial charge in [-0.2, -0.15) is 0 Å². The zero-order valence-electron chi connectivity index (χ0n) is 13.8. The molecule has 0 fully saturated rings. The fourth-order valence-electron chi connectivity index (χ4n) is 2.59. The molecule has 4 rings (SSSR count). The van der Waals surface area contributed by atoms with Gasteiger partial charge < -0.3 is 10.6 Å². The van der Waals surface area contributed by atoms with Gasteiger partial charge in [-0.1, -0.05) is 18.2 Å². The number of fused-ring (bicyclic) bond motifs is 1. The van der Waals surface area contributed by atoms with Gasteiger partial charge in [0.1, 0.15) is 5.82 Å². The molecular formula is C20H15N5O. The van der Waals surface area contributed by atoms with Crippen LogP contribution in [0.25, 0.3) is 10.9 Å². The van der Waals surface area contributed by atoms with Crippen LogP contribution in [0.1, 0.15) is 10.4 Å². The van der Waals surface area contributed by atoms with Gasteiger partial charge in [-0.15, -0.1) is 0 Å². The lowest BCUT2D eigenvalue weighted by Gasteiger charge is -2.10. The summed E-state index contributed by atoms with van der Waals surface area (Å²) in [5.41, 5.74) is 3.09. The highest BCUT2D eigenvalue weighted by Gasteiger charge is 2.07. The van der Waals surface area contributed by atoms with Crippen molar-refractivity contribution in [3.63, 3.8) is 0 Å². The molecule has 0 bridgehead atoms. The summed E-state index contributed by atoms with van der Waals surface area (Å²) in [5.74, 6) is 0.227. The fraction of sp³-hybridized carbons (Fsp3) is 0. The second-order valence-electron chi connectivity index (χ2n) is 5.63. The molecule has 3 aromatic heterocycles. The van der Waals surface area contributed by atoms with Gasteiger partial charge in [-0.05, 0) is 36.4 Å². The van der Waals surface area contributed by atoms with Crippen molar-refractivity contribution >= 4 is 34.0 Å². The molecule has 4 aromatic rings. The zero-order chi connectivity index (χ0) is 17.8. The maximum atomic E-state index is 12.1. The van der Waals surface area contributed by atoms with Gasteiger partial charge in [0.25, 0.3) is 5.91 Å². The maximum absolute atomic E-state index is 12.1. The van der Waals surface area contributed by atoms with Gasteiger partial charge in [0.15, 0.2) is 0 Å². The molecular weight excluding hydrogens is 326 g/mol. The van der Waals surface area contributed by atoms with E-state index in [1.807, 2.05) is 36.4 Å². The summed E-state index contributed by atoms with van der Waals surface area (Å²) < 4.78 is 0. The monoisotopic (exact) mass is 341 g/mol. The van der Waals surface area contributed by atoms with E-state index in [0.29, 0.717) is 11.4 Å². The van der Waals surface area contributed by atoms with Crippen molar-refractivity contribution in [2.24, 2.45) is 0 Å². The van der Waals surface area contributed by atoms with Crippen LogP contribution in [0.3, 0.4) is 0 Å². The molecule has 0 saturated heterocycles. The van der Waals surface area contributed by atoms with Crippen LogP contribution in [0, 0.1) is 0 Å². The van der Waals surface area contributed by atoms with E-state index in [2.05, 4.69) is 25.6 Å². The Kier molecular flexibility index (Phi) is 4.22. The quantitative estimate of drug-likeness (QED) is 0.586. The number of amides is 1. The molecule has 0 aliphatic rings. The van der Waals surface area contributed by atoms with E-state index in [0.717, 1.165) is 22.3 Å². The van der Waals surface area contributed by atoms with Crippen molar-refractivity contribution in [2.75, 3.05) is 10.6 Å². The minimum Gasteiger partial charge on any atom is -0.352 e. The number of hydrogen-bond acceptors (Lipinski definition) is 5. The van der Waals surface area contributed by atoms with Gasteiger partial charge >= 0.3 is 0 Å². The van der Waals surface area contributed by atoms with Crippen molar-refractivity contribution in [1.29, 1.82) is 0 Å². The van der Waals surface area contributed by atoms with E-state index >= 15 is 0 Å². The molecule has 6 heteroatoms. The lowest BCUT2D eigenvalue weighted by molar-refractivity contribution is 0.102. The molecule has 3 heterocycles. The third kappa shape index (κ3) is 3.34. The largest absolute Gasteiger partial charge is 0.352 e. The Morgan fingerprint density at radius 2 is 1.73 bits per heavy atom. The first-order valence-corrected chi connectivity index (χ1v) is 8.08. The number of nitrogens with zero attached hydrogens (tertiary/aromatic N) is 3. The molecule has 0 aliphatic heterocycles. The molecule has 1 amide bonds. The predicted octanol–water partition coefficient (Wildman–Crippen LogP) is 4.02. The number of carbonyl (C=O) groups excluding carboxylic acids is 1. The molecule has 0 spiro atoms. The minimum atomic E-state index is -0.246. The molecule has 0 aliphatic carbocycles. The van der Waals surface area contributed by atoms with Gasteiger partial charge in [0.2, 0.25) is 0 Å². The molecule has 26 heavy (non-hydrogen) atoms. The summed E-state index contributed by atoms with van der Waals surface area (Å²) in [7, 11) is 0. The smallest absolute Gasteiger partial charge is 0.258 e. The number of aromatic nitrogens is 3. The maximum Gasteiger partial charge on any atom is 0.258 e. The molecule has 0 atom stereocenters. The van der Waals surface area contributed by atoms with E-state index in [1.54, 1.807) is 36.8 Å². The Bertz CT molecular complexity index is 1040. The standard InChI is InChI=1S/C20H15N5O/c26-20(15-6-2-10-21-12-15)25-18-9-8-16(13-23-18)24-17-7-1-4-14-5-3-11-22-19(14)17/h1-13,24H,(H,23,25,26). The second kappa shape index (κ2) is 6.98. The van der Waals surface area contributed by atoms with E-state index in [9.17, 15) is 4.79 Å².